The molecular weight excluding hydrogens is 298 g/mol. The van der Waals surface area contributed by atoms with Crippen molar-refractivity contribution in [3.63, 3.8) is 0 Å². The zero-order valence-electron chi connectivity index (χ0n) is 13.2. The molecule has 2 amide bonds. The average molecular weight is 321 g/mol. The molecule has 2 atom stereocenters. The van der Waals surface area contributed by atoms with Crippen molar-refractivity contribution in [1.82, 2.24) is 14.8 Å². The average Bonchev–Trinajstić information content (AvgIpc) is 3.12. The van der Waals surface area contributed by atoms with Gasteiger partial charge in [0.1, 0.15) is 5.01 Å². The number of piperidine rings is 1. The van der Waals surface area contributed by atoms with Gasteiger partial charge in [-0.25, -0.2) is 4.98 Å². The molecule has 2 aliphatic rings. The predicted octanol–water partition coefficient (Wildman–Crippen LogP) is 2.37. The lowest BCUT2D eigenvalue weighted by atomic mass is 9.99. The molecule has 2 fully saturated rings. The van der Waals surface area contributed by atoms with Crippen LogP contribution in [0.25, 0.3) is 0 Å². The van der Waals surface area contributed by atoms with Gasteiger partial charge < -0.3 is 9.80 Å². The maximum Gasteiger partial charge on any atom is 0.228 e. The van der Waals surface area contributed by atoms with Gasteiger partial charge in [-0.05, 0) is 33.1 Å². The van der Waals surface area contributed by atoms with Gasteiger partial charge in [0.05, 0.1) is 12.0 Å². The molecular formula is C16H23N3O2S. The monoisotopic (exact) mass is 321 g/mol. The fraction of sp³-hybridized carbons (Fsp3) is 0.688. The van der Waals surface area contributed by atoms with E-state index in [1.807, 2.05) is 24.1 Å². The van der Waals surface area contributed by atoms with Crippen LogP contribution in [0.4, 0.5) is 0 Å². The minimum Gasteiger partial charge on any atom is -0.342 e. The number of aromatic nitrogens is 1. The van der Waals surface area contributed by atoms with Gasteiger partial charge in [0.2, 0.25) is 11.8 Å². The Bertz CT molecular complexity index is 571. The molecule has 1 aromatic rings. The molecule has 2 aliphatic heterocycles. The third kappa shape index (κ3) is 2.89. The number of rotatable bonds is 3. The van der Waals surface area contributed by atoms with Gasteiger partial charge in [-0.15, -0.1) is 11.3 Å². The summed E-state index contributed by atoms with van der Waals surface area (Å²) in [5.74, 6) is 0.0791. The van der Waals surface area contributed by atoms with Crippen molar-refractivity contribution in [3.8, 4) is 0 Å². The second-order valence-electron chi connectivity index (χ2n) is 6.20. The van der Waals surface area contributed by atoms with E-state index in [1.165, 1.54) is 0 Å². The van der Waals surface area contributed by atoms with Gasteiger partial charge >= 0.3 is 0 Å². The Morgan fingerprint density at radius 1 is 1.45 bits per heavy atom. The Morgan fingerprint density at radius 3 is 2.91 bits per heavy atom. The van der Waals surface area contributed by atoms with Gasteiger partial charge in [0, 0.05) is 37.1 Å². The van der Waals surface area contributed by atoms with Crippen LogP contribution in [0.5, 0.6) is 0 Å². The smallest absolute Gasteiger partial charge is 0.228 e. The maximum absolute atomic E-state index is 12.9. The summed E-state index contributed by atoms with van der Waals surface area (Å²) in [5, 5.41) is 3.09. The third-order valence-electron chi connectivity index (χ3n) is 4.65. The first-order valence-electron chi connectivity index (χ1n) is 8.10. The van der Waals surface area contributed by atoms with Crippen LogP contribution < -0.4 is 0 Å². The first-order chi connectivity index (χ1) is 10.6. The molecule has 0 unspecified atom stereocenters. The van der Waals surface area contributed by atoms with Crippen LogP contribution >= 0.6 is 11.3 Å². The van der Waals surface area contributed by atoms with E-state index in [4.69, 9.17) is 0 Å². The van der Waals surface area contributed by atoms with E-state index >= 15 is 0 Å². The Kier molecular flexibility index (Phi) is 4.47. The van der Waals surface area contributed by atoms with Crippen molar-refractivity contribution in [3.05, 3.63) is 16.1 Å². The summed E-state index contributed by atoms with van der Waals surface area (Å²) in [6.07, 6.45) is 3.53. The Morgan fingerprint density at radius 2 is 2.27 bits per heavy atom. The number of thiazole rings is 1. The number of carbonyl (C=O) groups is 2. The zero-order chi connectivity index (χ0) is 15.7. The summed E-state index contributed by atoms with van der Waals surface area (Å²) >= 11 is 1.64. The standard InChI is InChI=1S/C16H23N3O2S/c1-3-18-9-12(8-14(18)20)16(21)19-7-5-4-6-13(19)15-17-11(2)10-22-15/h10,12-13H,3-9H2,1-2H3/t12-,13+/m0/s1. The van der Waals surface area contributed by atoms with Gasteiger partial charge in [-0.2, -0.15) is 0 Å². The van der Waals surface area contributed by atoms with Crippen molar-refractivity contribution >= 4 is 23.2 Å². The molecule has 0 aromatic carbocycles. The number of nitrogens with zero attached hydrogens (tertiary/aromatic N) is 3. The molecule has 2 saturated heterocycles. The molecule has 0 N–H and O–H groups in total. The number of likely N-dealkylation sites (tertiary alicyclic amines) is 2. The highest BCUT2D eigenvalue weighted by atomic mass is 32.1. The van der Waals surface area contributed by atoms with E-state index in [2.05, 4.69) is 4.98 Å². The van der Waals surface area contributed by atoms with Crippen LogP contribution in [-0.2, 0) is 9.59 Å². The van der Waals surface area contributed by atoms with Crippen LogP contribution in [-0.4, -0.2) is 46.2 Å². The van der Waals surface area contributed by atoms with E-state index < -0.39 is 0 Å². The first kappa shape index (κ1) is 15.5. The highest BCUT2D eigenvalue weighted by Crippen LogP contribution is 2.35. The highest BCUT2D eigenvalue weighted by Gasteiger charge is 2.39. The van der Waals surface area contributed by atoms with Crippen LogP contribution in [0.2, 0.25) is 0 Å². The zero-order valence-corrected chi connectivity index (χ0v) is 14.1. The lowest BCUT2D eigenvalue weighted by Crippen LogP contribution is -2.42. The van der Waals surface area contributed by atoms with Gasteiger partial charge in [-0.3, -0.25) is 9.59 Å². The molecule has 0 bridgehead atoms. The van der Waals surface area contributed by atoms with Gasteiger partial charge in [-0.1, -0.05) is 0 Å². The molecule has 120 valence electrons. The van der Waals surface area contributed by atoms with Crippen LogP contribution in [0.15, 0.2) is 5.38 Å². The van der Waals surface area contributed by atoms with Gasteiger partial charge in [0.25, 0.3) is 0 Å². The number of amides is 2. The normalized spacial score (nSPS) is 25.8. The SMILES string of the molecule is CCN1C[C@@H](C(=O)N2CCCC[C@@H]2c2nc(C)cs2)CC1=O. The summed E-state index contributed by atoms with van der Waals surface area (Å²) in [4.78, 5) is 33.2. The lowest BCUT2D eigenvalue weighted by Gasteiger charge is -2.36. The van der Waals surface area contributed by atoms with E-state index in [-0.39, 0.29) is 23.8 Å². The molecule has 3 rings (SSSR count). The van der Waals surface area contributed by atoms with E-state index in [0.29, 0.717) is 19.5 Å². The molecule has 1 aromatic heterocycles. The molecule has 22 heavy (non-hydrogen) atoms. The Labute approximate surface area is 135 Å². The summed E-state index contributed by atoms with van der Waals surface area (Å²) < 4.78 is 0. The molecule has 5 nitrogen and oxygen atoms in total. The molecule has 0 spiro atoms. The van der Waals surface area contributed by atoms with Crippen LogP contribution in [0.3, 0.4) is 0 Å². The van der Waals surface area contributed by atoms with E-state index in [0.717, 1.165) is 36.5 Å². The fourth-order valence-electron chi connectivity index (χ4n) is 3.45. The van der Waals surface area contributed by atoms with Crippen molar-refractivity contribution in [2.45, 2.75) is 45.6 Å². The topological polar surface area (TPSA) is 53.5 Å². The third-order valence-corrected chi connectivity index (χ3v) is 5.72. The summed E-state index contributed by atoms with van der Waals surface area (Å²) in [6.45, 7) is 6.02. The molecule has 0 aliphatic carbocycles. The fourth-order valence-corrected chi connectivity index (χ4v) is 4.40. The number of carbonyl (C=O) groups excluding carboxylic acids is 2. The molecule has 0 radical (unpaired) electrons. The van der Waals surface area contributed by atoms with Crippen molar-refractivity contribution in [2.24, 2.45) is 5.92 Å². The Balaban J connectivity index is 1.76. The second-order valence-corrected chi connectivity index (χ2v) is 7.09. The van der Waals surface area contributed by atoms with Crippen LogP contribution in [0, 0.1) is 12.8 Å². The second kappa shape index (κ2) is 6.36. The van der Waals surface area contributed by atoms with E-state index in [9.17, 15) is 9.59 Å². The van der Waals surface area contributed by atoms with Crippen molar-refractivity contribution in [1.29, 1.82) is 0 Å². The van der Waals surface area contributed by atoms with E-state index in [1.54, 1.807) is 16.2 Å². The first-order valence-corrected chi connectivity index (χ1v) is 8.98. The molecule has 3 heterocycles. The predicted molar refractivity (Wildman–Crippen MR) is 85.5 cm³/mol. The van der Waals surface area contributed by atoms with Crippen molar-refractivity contribution < 1.29 is 9.59 Å². The minimum absolute atomic E-state index is 0.103. The number of hydrogen-bond acceptors (Lipinski definition) is 4. The largest absolute Gasteiger partial charge is 0.342 e. The molecule has 6 heteroatoms. The summed E-state index contributed by atoms with van der Waals surface area (Å²) in [5.41, 5.74) is 1.02. The lowest BCUT2D eigenvalue weighted by molar-refractivity contribution is -0.139. The minimum atomic E-state index is -0.172. The number of hydrogen-bond donors (Lipinski definition) is 0. The summed E-state index contributed by atoms with van der Waals surface area (Å²) in [7, 11) is 0. The van der Waals surface area contributed by atoms with Gasteiger partial charge in [0.15, 0.2) is 0 Å². The highest BCUT2D eigenvalue weighted by molar-refractivity contribution is 7.09. The number of aryl methyl sites for hydroxylation is 1. The Hall–Kier alpha value is -1.43. The maximum atomic E-state index is 12.9. The molecule has 0 saturated carbocycles. The quantitative estimate of drug-likeness (QED) is 0.859. The van der Waals surface area contributed by atoms with Crippen LogP contribution in [0.1, 0.15) is 49.4 Å². The summed E-state index contributed by atoms with van der Waals surface area (Å²) in [6, 6.07) is 0.103. The van der Waals surface area contributed by atoms with Crippen molar-refractivity contribution in [2.75, 3.05) is 19.6 Å².